The van der Waals surface area contributed by atoms with Crippen molar-refractivity contribution in [1.29, 1.82) is 0 Å². The van der Waals surface area contributed by atoms with Gasteiger partial charge in [-0.05, 0) is 25.5 Å². The highest BCUT2D eigenvalue weighted by atomic mass is 16.5. The van der Waals surface area contributed by atoms with Crippen LogP contribution in [0.2, 0.25) is 0 Å². The number of urea groups is 1. The number of anilines is 1. The second-order valence-corrected chi connectivity index (χ2v) is 4.60. The Hall–Kier alpha value is -2.24. The van der Waals surface area contributed by atoms with Crippen molar-refractivity contribution >= 4 is 17.6 Å². The van der Waals surface area contributed by atoms with Crippen molar-refractivity contribution in [2.24, 2.45) is 0 Å². The highest BCUT2D eigenvalue weighted by Crippen LogP contribution is 2.17. The lowest BCUT2D eigenvalue weighted by Gasteiger charge is -2.23. The monoisotopic (exact) mass is 277 g/mol. The number of hydrogen-bond donors (Lipinski definition) is 3. The Morgan fingerprint density at radius 1 is 1.50 bits per heavy atom. The molecule has 3 amide bonds. The Balaban J connectivity index is 1.84. The van der Waals surface area contributed by atoms with Gasteiger partial charge >= 0.3 is 6.03 Å². The predicted molar refractivity (Wildman–Crippen MR) is 75.8 cm³/mol. The number of ether oxygens (including phenoxy) is 1. The summed E-state index contributed by atoms with van der Waals surface area (Å²) in [7, 11) is 0. The number of benzene rings is 1. The summed E-state index contributed by atoms with van der Waals surface area (Å²) >= 11 is 0. The average Bonchev–Trinajstić information content (AvgIpc) is 2.42. The van der Waals surface area contributed by atoms with E-state index >= 15 is 0 Å². The van der Waals surface area contributed by atoms with Gasteiger partial charge in [0.1, 0.15) is 5.75 Å². The van der Waals surface area contributed by atoms with Gasteiger partial charge in [0, 0.05) is 30.8 Å². The number of hydrogen-bond acceptors (Lipinski definition) is 3. The summed E-state index contributed by atoms with van der Waals surface area (Å²) in [5.74, 6) is 0.753. The number of nitrogens with one attached hydrogen (secondary N) is 3. The van der Waals surface area contributed by atoms with Crippen LogP contribution >= 0.6 is 0 Å². The van der Waals surface area contributed by atoms with Crippen LogP contribution in [-0.4, -0.2) is 31.1 Å². The molecule has 108 valence electrons. The number of carbonyl (C=O) groups is 2. The molecule has 1 heterocycles. The van der Waals surface area contributed by atoms with Crippen LogP contribution in [0.25, 0.3) is 0 Å². The van der Waals surface area contributed by atoms with Gasteiger partial charge in [0.2, 0.25) is 5.91 Å². The molecular weight excluding hydrogens is 258 g/mol. The molecule has 0 saturated carbocycles. The first-order valence-electron chi connectivity index (χ1n) is 6.74. The normalized spacial score (nSPS) is 18.1. The molecule has 20 heavy (non-hydrogen) atoms. The lowest BCUT2D eigenvalue weighted by Crippen LogP contribution is -2.48. The van der Waals surface area contributed by atoms with Gasteiger partial charge in [0.05, 0.1) is 6.61 Å². The predicted octanol–water partition coefficient (Wildman–Crippen LogP) is 1.49. The van der Waals surface area contributed by atoms with E-state index in [1.807, 2.05) is 19.1 Å². The molecule has 0 radical (unpaired) electrons. The third-order valence-electron chi connectivity index (χ3n) is 3.00. The summed E-state index contributed by atoms with van der Waals surface area (Å²) in [6.45, 7) is 2.97. The third-order valence-corrected chi connectivity index (χ3v) is 3.00. The van der Waals surface area contributed by atoms with Crippen molar-refractivity contribution in [2.45, 2.75) is 25.8 Å². The summed E-state index contributed by atoms with van der Waals surface area (Å²) < 4.78 is 5.37. The molecule has 3 N–H and O–H groups in total. The molecule has 0 spiro atoms. The smallest absolute Gasteiger partial charge is 0.319 e. The van der Waals surface area contributed by atoms with E-state index in [1.165, 1.54) is 0 Å². The van der Waals surface area contributed by atoms with Crippen molar-refractivity contribution < 1.29 is 14.3 Å². The van der Waals surface area contributed by atoms with Gasteiger partial charge < -0.3 is 20.7 Å². The number of piperidine rings is 1. The van der Waals surface area contributed by atoms with E-state index in [0.717, 1.165) is 5.75 Å². The second kappa shape index (κ2) is 6.79. The van der Waals surface area contributed by atoms with Crippen LogP contribution in [0.3, 0.4) is 0 Å². The Kier molecular flexibility index (Phi) is 4.81. The van der Waals surface area contributed by atoms with Crippen LogP contribution < -0.4 is 20.7 Å². The van der Waals surface area contributed by atoms with Crippen molar-refractivity contribution in [3.05, 3.63) is 24.3 Å². The Morgan fingerprint density at radius 2 is 2.35 bits per heavy atom. The minimum Gasteiger partial charge on any atom is -0.494 e. The van der Waals surface area contributed by atoms with Gasteiger partial charge in [-0.1, -0.05) is 6.07 Å². The highest BCUT2D eigenvalue weighted by molar-refractivity contribution is 5.89. The fourth-order valence-electron chi connectivity index (χ4n) is 2.04. The molecule has 0 aromatic heterocycles. The number of carbonyl (C=O) groups excluding carboxylic acids is 2. The van der Waals surface area contributed by atoms with Gasteiger partial charge in [-0.15, -0.1) is 0 Å². The molecule has 6 heteroatoms. The first-order chi connectivity index (χ1) is 9.67. The number of amides is 3. The summed E-state index contributed by atoms with van der Waals surface area (Å²) in [5, 5.41) is 8.32. The van der Waals surface area contributed by atoms with Crippen LogP contribution in [-0.2, 0) is 4.79 Å². The fourth-order valence-corrected chi connectivity index (χ4v) is 2.04. The minimum atomic E-state index is -0.278. The molecule has 0 aliphatic carbocycles. The highest BCUT2D eigenvalue weighted by Gasteiger charge is 2.19. The maximum atomic E-state index is 11.9. The van der Waals surface area contributed by atoms with Crippen molar-refractivity contribution in [3.8, 4) is 5.75 Å². The molecule has 2 rings (SSSR count). The van der Waals surface area contributed by atoms with Crippen LogP contribution in [0.1, 0.15) is 19.8 Å². The molecule has 1 aromatic rings. The average molecular weight is 277 g/mol. The second-order valence-electron chi connectivity index (χ2n) is 4.60. The molecular formula is C14H19N3O3. The van der Waals surface area contributed by atoms with E-state index in [-0.39, 0.29) is 18.0 Å². The van der Waals surface area contributed by atoms with Crippen molar-refractivity contribution in [2.75, 3.05) is 18.5 Å². The van der Waals surface area contributed by atoms with E-state index in [4.69, 9.17) is 4.74 Å². The van der Waals surface area contributed by atoms with Gasteiger partial charge in [-0.3, -0.25) is 4.79 Å². The summed E-state index contributed by atoms with van der Waals surface area (Å²) in [4.78, 5) is 22.9. The maximum Gasteiger partial charge on any atom is 0.319 e. The summed E-state index contributed by atoms with van der Waals surface area (Å²) in [6, 6.07) is 6.92. The Bertz CT molecular complexity index is 480. The molecule has 1 aliphatic rings. The molecule has 0 unspecified atom stereocenters. The molecule has 0 bridgehead atoms. The molecule has 6 nitrogen and oxygen atoms in total. The SMILES string of the molecule is CCOc1cccc(NC(=O)N[C@@H]2CCC(=O)NC2)c1. The van der Waals surface area contributed by atoms with Crippen LogP contribution in [0.15, 0.2) is 24.3 Å². The first kappa shape index (κ1) is 14.2. The van der Waals surface area contributed by atoms with Gasteiger partial charge in [-0.25, -0.2) is 4.79 Å². The zero-order valence-corrected chi connectivity index (χ0v) is 11.4. The van der Waals surface area contributed by atoms with E-state index in [9.17, 15) is 9.59 Å². The topological polar surface area (TPSA) is 79.5 Å². The molecule has 1 atom stereocenters. The van der Waals surface area contributed by atoms with Gasteiger partial charge in [0.15, 0.2) is 0 Å². The Morgan fingerprint density at radius 3 is 3.05 bits per heavy atom. The van der Waals surface area contributed by atoms with E-state index in [0.29, 0.717) is 31.7 Å². The largest absolute Gasteiger partial charge is 0.494 e. The quantitative estimate of drug-likeness (QED) is 0.780. The van der Waals surface area contributed by atoms with Gasteiger partial charge in [-0.2, -0.15) is 0 Å². The standard InChI is InChI=1S/C14H19N3O3/c1-2-20-12-5-3-4-10(8-12)16-14(19)17-11-6-7-13(18)15-9-11/h3-5,8,11H,2,6-7,9H2,1H3,(H,15,18)(H2,16,17,19)/t11-/m1/s1. The van der Waals surface area contributed by atoms with E-state index in [1.54, 1.807) is 12.1 Å². The third kappa shape index (κ3) is 4.15. The molecule has 1 saturated heterocycles. The number of rotatable bonds is 4. The lowest BCUT2D eigenvalue weighted by atomic mass is 10.1. The Labute approximate surface area is 117 Å². The summed E-state index contributed by atoms with van der Waals surface area (Å²) in [6.07, 6.45) is 1.11. The van der Waals surface area contributed by atoms with Crippen LogP contribution in [0, 0.1) is 0 Å². The molecule has 1 aromatic carbocycles. The zero-order valence-electron chi connectivity index (χ0n) is 11.4. The van der Waals surface area contributed by atoms with Crippen molar-refractivity contribution in [3.63, 3.8) is 0 Å². The zero-order chi connectivity index (χ0) is 14.4. The maximum absolute atomic E-state index is 11.9. The van der Waals surface area contributed by atoms with Gasteiger partial charge in [0.25, 0.3) is 0 Å². The molecule has 1 aliphatic heterocycles. The van der Waals surface area contributed by atoms with Crippen molar-refractivity contribution in [1.82, 2.24) is 10.6 Å². The first-order valence-corrected chi connectivity index (χ1v) is 6.74. The van der Waals surface area contributed by atoms with Crippen LogP contribution in [0.4, 0.5) is 10.5 Å². The van der Waals surface area contributed by atoms with Crippen LogP contribution in [0.5, 0.6) is 5.75 Å². The summed E-state index contributed by atoms with van der Waals surface area (Å²) in [5.41, 5.74) is 0.674. The van der Waals surface area contributed by atoms with E-state index < -0.39 is 0 Å². The minimum absolute atomic E-state index is 0.0252. The van der Waals surface area contributed by atoms with E-state index in [2.05, 4.69) is 16.0 Å². The molecule has 1 fully saturated rings. The fraction of sp³-hybridized carbons (Fsp3) is 0.429. The lowest BCUT2D eigenvalue weighted by molar-refractivity contribution is -0.122.